The lowest BCUT2D eigenvalue weighted by atomic mass is 9.83. The van der Waals surface area contributed by atoms with Gasteiger partial charge in [-0.1, -0.05) is 156 Å². The Bertz CT molecular complexity index is 2240. The second-order valence-electron chi connectivity index (χ2n) is 27.9. The molecule has 0 heterocycles. The zero-order valence-corrected chi connectivity index (χ0v) is 59.4. The van der Waals surface area contributed by atoms with E-state index in [9.17, 15) is 47.9 Å². The lowest BCUT2D eigenvalue weighted by Crippen LogP contribution is -2.38. The third kappa shape index (κ3) is 45.5. The predicted octanol–water partition coefficient (Wildman–Crippen LogP) is 21.0. The van der Waals surface area contributed by atoms with Crippen molar-refractivity contribution in [1.29, 1.82) is 0 Å². The molecule has 20 heteroatoms. The Morgan fingerprint density at radius 3 is 0.693 bits per heavy atom. The highest BCUT2D eigenvalue weighted by Gasteiger charge is 2.39. The van der Waals surface area contributed by atoms with Crippen molar-refractivity contribution in [3.63, 3.8) is 0 Å². The van der Waals surface area contributed by atoms with Crippen LogP contribution in [0.25, 0.3) is 0 Å². The molecule has 5 aliphatic carbocycles. The fraction of sp³-hybridized carbons (Fsp3) is 0.877. The molecule has 606 valence electrons. The van der Waals surface area contributed by atoms with Crippen molar-refractivity contribution >= 4 is 59.7 Å². The Morgan fingerprint density at radius 1 is 0.297 bits per heavy atom. The van der Waals surface area contributed by atoms with Gasteiger partial charge in [0.05, 0.1) is 28.6 Å². The molecule has 5 fully saturated rings. The van der Waals surface area contributed by atoms with Crippen LogP contribution in [0.1, 0.15) is 378 Å². The van der Waals surface area contributed by atoms with E-state index in [1.54, 1.807) is 34.6 Å². The van der Waals surface area contributed by atoms with Gasteiger partial charge in [0.15, 0.2) is 33.0 Å². The van der Waals surface area contributed by atoms with Gasteiger partial charge in [-0.05, 0) is 222 Å². The van der Waals surface area contributed by atoms with E-state index >= 15 is 0 Å². The highest BCUT2D eigenvalue weighted by Crippen LogP contribution is 2.38. The molecule has 0 aromatic carbocycles. The van der Waals surface area contributed by atoms with Crippen LogP contribution in [-0.2, 0) is 95.3 Å². The molecule has 0 saturated heterocycles. The second kappa shape index (κ2) is 58.0. The fourth-order valence-electron chi connectivity index (χ4n) is 10.8. The predicted molar refractivity (Wildman–Crippen MR) is 412 cm³/mol. The lowest BCUT2D eigenvalue weighted by Gasteiger charge is -2.35. The molecule has 5 rings (SSSR count). The van der Waals surface area contributed by atoms with Crippen LogP contribution in [0, 0.1) is 28.6 Å². The summed E-state index contributed by atoms with van der Waals surface area (Å²) in [5.74, 6) is -4.33. The van der Waals surface area contributed by atoms with E-state index in [1.807, 2.05) is 83.1 Å². The SMILES string of the molecule is C.C.C.C.C.C.C.C.C.C.CCC(C)(C)C(=O)OCC(=O)OC1(C)CCCC1.CCC(C)C(=O)OCC(=O)OC1(C)CCCC1.CCC(C)C(=O)OCC(=O)OC1(C)CCCCC1.CCC(C)C(=O)OCC(=O)OC1(CC)CCCCC1.CCC1(OC(=O)COC(=O)C(C)(C)CC)CCCC1. The molecule has 3 unspecified atom stereocenters. The van der Waals surface area contributed by atoms with Crippen molar-refractivity contribution < 1.29 is 95.3 Å². The van der Waals surface area contributed by atoms with E-state index in [-0.39, 0.29) is 183 Å². The molecule has 3 atom stereocenters. The zero-order chi connectivity index (χ0) is 69.1. The van der Waals surface area contributed by atoms with Crippen LogP contribution in [0.2, 0.25) is 0 Å². The monoisotopic (exact) mass is 1460 g/mol. The molecule has 0 aromatic heterocycles. The quantitative estimate of drug-likeness (QED) is 0.0546. The number of rotatable bonds is 27. The molecular formula is C81H162O20. The number of carbonyl (C=O) groups is 10. The molecule has 5 saturated carbocycles. The molecule has 5 aliphatic rings. The fourth-order valence-corrected chi connectivity index (χ4v) is 10.8. The number of hydrogen-bond acceptors (Lipinski definition) is 20. The van der Waals surface area contributed by atoms with Crippen LogP contribution in [0.5, 0.6) is 0 Å². The minimum Gasteiger partial charge on any atom is -0.457 e. The molecule has 0 bridgehead atoms. The molecule has 0 radical (unpaired) electrons. The van der Waals surface area contributed by atoms with Crippen molar-refractivity contribution in [1.82, 2.24) is 0 Å². The summed E-state index contributed by atoms with van der Waals surface area (Å²) in [6.45, 7) is 30.7. The Morgan fingerprint density at radius 2 is 0.485 bits per heavy atom. The third-order valence-electron chi connectivity index (χ3n) is 19.1. The summed E-state index contributed by atoms with van der Waals surface area (Å²) in [6.07, 6.45) is 27.6. The van der Waals surface area contributed by atoms with Gasteiger partial charge in [-0.15, -0.1) is 0 Å². The first-order valence-electron chi connectivity index (χ1n) is 34.5. The van der Waals surface area contributed by atoms with E-state index < -0.39 is 40.7 Å². The highest BCUT2D eigenvalue weighted by molar-refractivity contribution is 5.81. The van der Waals surface area contributed by atoms with Crippen LogP contribution in [0.15, 0.2) is 0 Å². The van der Waals surface area contributed by atoms with Gasteiger partial charge < -0.3 is 47.4 Å². The second-order valence-corrected chi connectivity index (χ2v) is 27.9. The molecule has 101 heavy (non-hydrogen) atoms. The van der Waals surface area contributed by atoms with Crippen LogP contribution >= 0.6 is 0 Å². The smallest absolute Gasteiger partial charge is 0.344 e. The Kier molecular flexibility index (Phi) is 67.1. The van der Waals surface area contributed by atoms with Crippen molar-refractivity contribution in [2.75, 3.05) is 33.0 Å². The first kappa shape index (κ1) is 117. The normalized spacial score (nSPS) is 17.2. The summed E-state index contributed by atoms with van der Waals surface area (Å²) in [6, 6.07) is 0. The van der Waals surface area contributed by atoms with E-state index in [0.717, 1.165) is 141 Å². The molecule has 0 spiro atoms. The molecular weight excluding hydrogens is 1290 g/mol. The van der Waals surface area contributed by atoms with E-state index in [4.69, 9.17) is 47.4 Å². The van der Waals surface area contributed by atoms with Crippen LogP contribution in [-0.4, -0.2) is 121 Å². The number of hydrogen-bond donors (Lipinski definition) is 0. The summed E-state index contributed by atoms with van der Waals surface area (Å²) < 4.78 is 52.1. The van der Waals surface area contributed by atoms with Gasteiger partial charge in [-0.3, -0.25) is 24.0 Å². The maximum Gasteiger partial charge on any atom is 0.344 e. The number of ether oxygens (including phenoxy) is 10. The lowest BCUT2D eigenvalue weighted by molar-refractivity contribution is -0.174. The van der Waals surface area contributed by atoms with Crippen LogP contribution < -0.4 is 0 Å². The van der Waals surface area contributed by atoms with Crippen LogP contribution in [0.3, 0.4) is 0 Å². The van der Waals surface area contributed by atoms with Gasteiger partial charge in [0.2, 0.25) is 0 Å². The van der Waals surface area contributed by atoms with Crippen molar-refractivity contribution in [3.8, 4) is 0 Å². The van der Waals surface area contributed by atoms with Gasteiger partial charge in [0, 0.05) is 0 Å². The number of esters is 10. The van der Waals surface area contributed by atoms with Gasteiger partial charge >= 0.3 is 59.7 Å². The summed E-state index contributed by atoms with van der Waals surface area (Å²) >= 11 is 0. The summed E-state index contributed by atoms with van der Waals surface area (Å²) in [5.41, 5.74) is -2.79. The average molecular weight is 1460 g/mol. The van der Waals surface area contributed by atoms with Crippen molar-refractivity contribution in [3.05, 3.63) is 0 Å². The summed E-state index contributed by atoms with van der Waals surface area (Å²) in [4.78, 5) is 116. The minimum absolute atomic E-state index is 0. The standard InChI is InChI=1S/2C15H26O4.2C14H24O4.C13H22O4.10CH4/c1-5-14(3,4)13(17)18-11-12(16)19-15(6-2)9-7-8-10-15;1-4-12(3)14(17)18-11-13(16)19-15(5-2)9-7-6-8-10-15;1-5-13(2,3)12(16)17-10-11(15)18-14(4)8-6-7-9-14;1-4-11(2)13(16)17-10-12(15)18-14(3)8-6-5-7-9-14;1-4-10(2)12(15)16-9-11(14)17-13(3)7-5-6-8-13;;;;;;;;;;/h5-11H2,1-4H3;12H,4-11H2,1-3H3;5-10H2,1-4H3;11H,4-10H2,1-3H3;10H,4-9H2,1-3H3;10*1H4. The third-order valence-corrected chi connectivity index (χ3v) is 19.1. The van der Waals surface area contributed by atoms with Gasteiger partial charge in [-0.25, -0.2) is 24.0 Å². The summed E-state index contributed by atoms with van der Waals surface area (Å²) in [7, 11) is 0. The Hall–Kier alpha value is -5.30. The van der Waals surface area contributed by atoms with Crippen LogP contribution in [0.4, 0.5) is 0 Å². The largest absolute Gasteiger partial charge is 0.457 e. The first-order chi connectivity index (χ1) is 42.6. The van der Waals surface area contributed by atoms with Gasteiger partial charge in [-0.2, -0.15) is 0 Å². The maximum atomic E-state index is 11.8. The van der Waals surface area contributed by atoms with E-state index in [2.05, 4.69) is 0 Å². The zero-order valence-electron chi connectivity index (χ0n) is 59.4. The average Bonchev–Trinajstić information content (AvgIpc) is 1.76. The highest BCUT2D eigenvalue weighted by atomic mass is 16.6. The first-order valence-corrected chi connectivity index (χ1v) is 34.5. The summed E-state index contributed by atoms with van der Waals surface area (Å²) in [5, 5.41) is 0. The molecule has 0 aromatic rings. The number of carbonyl (C=O) groups excluding carboxylic acids is 10. The van der Waals surface area contributed by atoms with Gasteiger partial charge in [0.1, 0.15) is 28.0 Å². The molecule has 20 nitrogen and oxygen atoms in total. The topological polar surface area (TPSA) is 263 Å². The Balaban J connectivity index is -0.000000125. The molecule has 0 amide bonds. The van der Waals surface area contributed by atoms with Gasteiger partial charge in [0.25, 0.3) is 0 Å². The Labute approximate surface area is 620 Å². The van der Waals surface area contributed by atoms with Crippen molar-refractivity contribution in [2.24, 2.45) is 28.6 Å². The molecule has 0 N–H and O–H groups in total. The van der Waals surface area contributed by atoms with E-state index in [1.165, 1.54) is 12.8 Å². The molecule has 0 aliphatic heterocycles. The van der Waals surface area contributed by atoms with Crippen molar-refractivity contribution in [2.45, 2.75) is 406 Å². The minimum atomic E-state index is -0.546. The maximum absolute atomic E-state index is 11.8. The van der Waals surface area contributed by atoms with E-state index in [0.29, 0.717) is 32.1 Å².